The molecule has 0 fully saturated rings. The number of benzene rings is 1. The van der Waals surface area contributed by atoms with E-state index in [0.29, 0.717) is 22.0 Å². The number of hydrogen-bond acceptors (Lipinski definition) is 3. The molecule has 0 bridgehead atoms. The van der Waals surface area contributed by atoms with Crippen LogP contribution in [0.2, 0.25) is 0 Å². The SMILES string of the molecule is NCc1c(O)c(Br)cc2c1CCCC2=O. The molecule has 0 atom stereocenters. The van der Waals surface area contributed by atoms with Crippen molar-refractivity contribution in [1.82, 2.24) is 0 Å². The van der Waals surface area contributed by atoms with Crippen LogP contribution in [0.15, 0.2) is 10.5 Å². The van der Waals surface area contributed by atoms with Crippen LogP contribution in [0.5, 0.6) is 5.75 Å². The molecule has 1 aliphatic rings. The van der Waals surface area contributed by atoms with Gasteiger partial charge >= 0.3 is 0 Å². The fourth-order valence-electron chi connectivity index (χ4n) is 2.05. The van der Waals surface area contributed by atoms with E-state index in [0.717, 1.165) is 18.4 Å². The van der Waals surface area contributed by atoms with E-state index in [2.05, 4.69) is 15.9 Å². The van der Waals surface area contributed by atoms with E-state index >= 15 is 0 Å². The van der Waals surface area contributed by atoms with Crippen molar-refractivity contribution in [3.63, 3.8) is 0 Å². The molecular formula is C11H12BrNO2. The molecule has 0 amide bonds. The number of rotatable bonds is 1. The molecule has 3 N–H and O–H groups in total. The van der Waals surface area contributed by atoms with Gasteiger partial charge in [0.05, 0.1) is 4.47 Å². The molecule has 3 nitrogen and oxygen atoms in total. The zero-order chi connectivity index (χ0) is 11.0. The molecular weight excluding hydrogens is 258 g/mol. The Labute approximate surface area is 96.4 Å². The molecule has 0 saturated heterocycles. The summed E-state index contributed by atoms with van der Waals surface area (Å²) in [4.78, 5) is 11.7. The van der Waals surface area contributed by atoms with Crippen LogP contribution in [0, 0.1) is 0 Å². The molecule has 1 aromatic carbocycles. The maximum Gasteiger partial charge on any atom is 0.163 e. The number of nitrogens with two attached hydrogens (primary N) is 1. The van der Waals surface area contributed by atoms with Crippen molar-refractivity contribution in [2.24, 2.45) is 5.73 Å². The van der Waals surface area contributed by atoms with Gasteiger partial charge in [0, 0.05) is 24.1 Å². The first-order valence-electron chi connectivity index (χ1n) is 4.91. The van der Waals surface area contributed by atoms with Gasteiger partial charge in [-0.3, -0.25) is 4.79 Å². The Kier molecular flexibility index (Phi) is 2.80. The Balaban J connectivity index is 2.69. The van der Waals surface area contributed by atoms with Crippen molar-refractivity contribution in [2.75, 3.05) is 0 Å². The van der Waals surface area contributed by atoms with Crippen LogP contribution in [0.1, 0.15) is 34.3 Å². The minimum absolute atomic E-state index is 0.145. The first-order valence-corrected chi connectivity index (χ1v) is 5.71. The van der Waals surface area contributed by atoms with Gasteiger partial charge in [0.2, 0.25) is 0 Å². The van der Waals surface area contributed by atoms with Gasteiger partial charge in [-0.15, -0.1) is 0 Å². The number of phenolic OH excluding ortho intramolecular Hbond substituents is 1. The van der Waals surface area contributed by atoms with Gasteiger partial charge < -0.3 is 10.8 Å². The van der Waals surface area contributed by atoms with Crippen molar-refractivity contribution in [1.29, 1.82) is 0 Å². The highest BCUT2D eigenvalue weighted by molar-refractivity contribution is 9.10. The van der Waals surface area contributed by atoms with E-state index in [9.17, 15) is 9.90 Å². The predicted molar refractivity (Wildman–Crippen MR) is 61.0 cm³/mol. The lowest BCUT2D eigenvalue weighted by Crippen LogP contribution is -2.15. The number of ketones is 1. The van der Waals surface area contributed by atoms with Gasteiger partial charge in [-0.05, 0) is 40.4 Å². The van der Waals surface area contributed by atoms with Gasteiger partial charge in [-0.25, -0.2) is 0 Å². The largest absolute Gasteiger partial charge is 0.506 e. The molecule has 1 aliphatic carbocycles. The third-order valence-electron chi connectivity index (χ3n) is 2.81. The average molecular weight is 270 g/mol. The molecule has 0 saturated carbocycles. The number of aromatic hydroxyl groups is 1. The zero-order valence-electron chi connectivity index (χ0n) is 8.22. The second-order valence-corrected chi connectivity index (χ2v) is 4.55. The third kappa shape index (κ3) is 1.68. The highest BCUT2D eigenvalue weighted by atomic mass is 79.9. The van der Waals surface area contributed by atoms with Crippen molar-refractivity contribution in [2.45, 2.75) is 25.8 Å². The fourth-order valence-corrected chi connectivity index (χ4v) is 2.51. The number of fused-ring (bicyclic) bond motifs is 1. The van der Waals surface area contributed by atoms with Crippen LogP contribution in [-0.4, -0.2) is 10.9 Å². The molecule has 0 aliphatic heterocycles. The number of Topliss-reactive ketones (excluding diaryl/α,β-unsaturated/α-hetero) is 1. The highest BCUT2D eigenvalue weighted by Gasteiger charge is 2.23. The van der Waals surface area contributed by atoms with E-state index in [-0.39, 0.29) is 18.1 Å². The van der Waals surface area contributed by atoms with Crippen LogP contribution in [0.4, 0.5) is 0 Å². The molecule has 0 radical (unpaired) electrons. The zero-order valence-corrected chi connectivity index (χ0v) is 9.80. The molecule has 4 heteroatoms. The summed E-state index contributed by atoms with van der Waals surface area (Å²) in [6, 6.07) is 1.70. The molecule has 2 rings (SSSR count). The lowest BCUT2D eigenvalue weighted by Gasteiger charge is -2.19. The maximum absolute atomic E-state index is 11.7. The Morgan fingerprint density at radius 2 is 2.20 bits per heavy atom. The van der Waals surface area contributed by atoms with Crippen LogP contribution >= 0.6 is 15.9 Å². The Morgan fingerprint density at radius 1 is 1.47 bits per heavy atom. The van der Waals surface area contributed by atoms with Gasteiger partial charge in [0.15, 0.2) is 5.78 Å². The molecule has 0 aromatic heterocycles. The summed E-state index contributed by atoms with van der Waals surface area (Å²) in [5.74, 6) is 0.317. The van der Waals surface area contributed by atoms with Crippen molar-refractivity contribution < 1.29 is 9.90 Å². The van der Waals surface area contributed by atoms with E-state index < -0.39 is 0 Å². The molecule has 0 heterocycles. The summed E-state index contributed by atoms with van der Waals surface area (Å²) in [6.07, 6.45) is 2.27. The minimum atomic E-state index is 0.145. The molecule has 1 aromatic rings. The third-order valence-corrected chi connectivity index (χ3v) is 3.41. The topological polar surface area (TPSA) is 63.3 Å². The molecule has 0 unspecified atom stereocenters. The molecule has 15 heavy (non-hydrogen) atoms. The number of phenols is 1. The number of carbonyl (C=O) groups excluding carboxylic acids is 1. The van der Waals surface area contributed by atoms with Gasteiger partial charge in [0.1, 0.15) is 5.75 Å². The second-order valence-electron chi connectivity index (χ2n) is 3.69. The van der Waals surface area contributed by atoms with Crippen LogP contribution < -0.4 is 5.73 Å². The van der Waals surface area contributed by atoms with Gasteiger partial charge in [-0.1, -0.05) is 0 Å². The first-order chi connectivity index (χ1) is 7.15. The van der Waals surface area contributed by atoms with E-state index in [4.69, 9.17) is 5.73 Å². The quantitative estimate of drug-likeness (QED) is 0.821. The standard InChI is InChI=1S/C11H12BrNO2/c12-9-4-7-6(2-1-3-10(7)14)8(5-13)11(9)15/h4,15H,1-3,5,13H2. The van der Waals surface area contributed by atoms with Crippen molar-refractivity contribution >= 4 is 21.7 Å². The summed E-state index contributed by atoms with van der Waals surface area (Å²) in [5, 5.41) is 9.80. The van der Waals surface area contributed by atoms with Crippen LogP contribution in [-0.2, 0) is 13.0 Å². The summed E-state index contributed by atoms with van der Waals surface area (Å²) < 4.78 is 0.553. The van der Waals surface area contributed by atoms with Gasteiger partial charge in [-0.2, -0.15) is 0 Å². The highest BCUT2D eigenvalue weighted by Crippen LogP contribution is 2.36. The predicted octanol–water partition coefficient (Wildman–Crippen LogP) is 2.13. The lowest BCUT2D eigenvalue weighted by molar-refractivity contribution is 0.0972. The van der Waals surface area contributed by atoms with Crippen LogP contribution in [0.25, 0.3) is 0 Å². The van der Waals surface area contributed by atoms with Crippen molar-refractivity contribution in [3.8, 4) is 5.75 Å². The monoisotopic (exact) mass is 269 g/mol. The second kappa shape index (κ2) is 3.94. The summed E-state index contributed by atoms with van der Waals surface area (Å²) >= 11 is 3.24. The smallest absolute Gasteiger partial charge is 0.163 e. The van der Waals surface area contributed by atoms with E-state index in [1.54, 1.807) is 6.07 Å². The summed E-state index contributed by atoms with van der Waals surface area (Å²) in [6.45, 7) is 0.265. The number of halogens is 1. The molecule has 80 valence electrons. The molecule has 0 spiro atoms. The Hall–Kier alpha value is -0.870. The van der Waals surface area contributed by atoms with E-state index in [1.807, 2.05) is 0 Å². The maximum atomic E-state index is 11.7. The fraction of sp³-hybridized carbons (Fsp3) is 0.364. The average Bonchev–Trinajstić information content (AvgIpc) is 2.22. The normalized spacial score (nSPS) is 15.2. The van der Waals surface area contributed by atoms with E-state index in [1.165, 1.54) is 0 Å². The number of carbonyl (C=O) groups is 1. The lowest BCUT2D eigenvalue weighted by atomic mass is 9.87. The first kappa shape index (κ1) is 10.6. The Morgan fingerprint density at radius 3 is 2.87 bits per heavy atom. The van der Waals surface area contributed by atoms with Gasteiger partial charge in [0.25, 0.3) is 0 Å². The van der Waals surface area contributed by atoms with Crippen molar-refractivity contribution in [3.05, 3.63) is 27.2 Å². The Bertz CT molecular complexity index is 429. The van der Waals surface area contributed by atoms with Crippen LogP contribution in [0.3, 0.4) is 0 Å². The number of hydrogen-bond donors (Lipinski definition) is 2. The summed E-state index contributed by atoms with van der Waals surface area (Å²) in [7, 11) is 0. The summed E-state index contributed by atoms with van der Waals surface area (Å²) in [5.41, 5.74) is 7.94. The minimum Gasteiger partial charge on any atom is -0.506 e.